The molecule has 2 aromatic rings. The van der Waals surface area contributed by atoms with Crippen LogP contribution in [0.1, 0.15) is 23.7 Å². The summed E-state index contributed by atoms with van der Waals surface area (Å²) < 4.78 is 41.9. The SMILES string of the molecule is Fc1cc(NC2CCc3cccnc32)ccc1OC(F)F. The predicted octanol–water partition coefficient (Wildman–Crippen LogP) is 3.92. The van der Waals surface area contributed by atoms with Crippen LogP contribution < -0.4 is 10.1 Å². The molecule has 1 N–H and O–H groups in total. The Bertz CT molecular complexity index is 649. The Hall–Kier alpha value is -2.24. The maximum Gasteiger partial charge on any atom is 0.387 e. The molecular weight excluding hydrogens is 281 g/mol. The molecule has 1 unspecified atom stereocenters. The maximum atomic E-state index is 13.7. The molecule has 3 nitrogen and oxygen atoms in total. The minimum absolute atomic E-state index is 0.00228. The van der Waals surface area contributed by atoms with Crippen molar-refractivity contribution >= 4 is 5.69 Å². The lowest BCUT2D eigenvalue weighted by molar-refractivity contribution is -0.0521. The number of halogens is 3. The number of aryl methyl sites for hydroxylation is 1. The van der Waals surface area contributed by atoms with Crippen LogP contribution in [0.4, 0.5) is 18.9 Å². The van der Waals surface area contributed by atoms with Gasteiger partial charge in [0.2, 0.25) is 0 Å². The fourth-order valence-electron chi connectivity index (χ4n) is 2.54. The van der Waals surface area contributed by atoms with Crippen molar-refractivity contribution in [2.24, 2.45) is 0 Å². The van der Waals surface area contributed by atoms with Crippen LogP contribution in [0, 0.1) is 5.82 Å². The van der Waals surface area contributed by atoms with E-state index in [0.717, 1.165) is 24.6 Å². The Morgan fingerprint density at radius 1 is 1.29 bits per heavy atom. The summed E-state index contributed by atoms with van der Waals surface area (Å²) in [5.41, 5.74) is 2.64. The monoisotopic (exact) mass is 294 g/mol. The minimum Gasteiger partial charge on any atom is -0.432 e. The number of hydrogen-bond donors (Lipinski definition) is 1. The second kappa shape index (κ2) is 5.63. The van der Waals surface area contributed by atoms with E-state index in [4.69, 9.17) is 0 Å². The Morgan fingerprint density at radius 3 is 2.90 bits per heavy atom. The third-order valence-electron chi connectivity index (χ3n) is 3.45. The summed E-state index contributed by atoms with van der Waals surface area (Å²) in [6.45, 7) is -3.04. The van der Waals surface area contributed by atoms with E-state index in [0.29, 0.717) is 5.69 Å². The number of aromatic nitrogens is 1. The first-order chi connectivity index (χ1) is 10.1. The number of alkyl halides is 2. The van der Waals surface area contributed by atoms with Gasteiger partial charge in [-0.3, -0.25) is 4.98 Å². The summed E-state index contributed by atoms with van der Waals surface area (Å²) in [4.78, 5) is 4.34. The minimum atomic E-state index is -3.04. The van der Waals surface area contributed by atoms with Crippen LogP contribution in [0.2, 0.25) is 0 Å². The fraction of sp³-hybridized carbons (Fsp3) is 0.267. The van der Waals surface area contributed by atoms with Gasteiger partial charge < -0.3 is 10.1 Å². The van der Waals surface area contributed by atoms with Crippen LogP contribution in [-0.2, 0) is 6.42 Å². The van der Waals surface area contributed by atoms with E-state index in [1.54, 1.807) is 6.20 Å². The topological polar surface area (TPSA) is 34.2 Å². The fourth-order valence-corrected chi connectivity index (χ4v) is 2.54. The number of nitrogens with zero attached hydrogens (tertiary/aromatic N) is 1. The van der Waals surface area contributed by atoms with Crippen molar-refractivity contribution in [3.05, 3.63) is 53.6 Å². The molecule has 1 atom stereocenters. The van der Waals surface area contributed by atoms with Gasteiger partial charge in [-0.05, 0) is 36.6 Å². The average Bonchev–Trinajstić information content (AvgIpc) is 2.85. The van der Waals surface area contributed by atoms with Crippen molar-refractivity contribution < 1.29 is 17.9 Å². The summed E-state index contributed by atoms with van der Waals surface area (Å²) >= 11 is 0. The Morgan fingerprint density at radius 2 is 2.14 bits per heavy atom. The number of pyridine rings is 1. The van der Waals surface area contributed by atoms with E-state index in [-0.39, 0.29) is 6.04 Å². The van der Waals surface area contributed by atoms with E-state index < -0.39 is 18.2 Å². The van der Waals surface area contributed by atoms with Crippen LogP contribution in [0.3, 0.4) is 0 Å². The van der Waals surface area contributed by atoms with Crippen molar-refractivity contribution in [1.29, 1.82) is 0 Å². The van der Waals surface area contributed by atoms with E-state index in [1.807, 2.05) is 12.1 Å². The molecule has 0 bridgehead atoms. The van der Waals surface area contributed by atoms with Crippen LogP contribution in [0.5, 0.6) is 5.75 Å². The number of nitrogens with one attached hydrogen (secondary N) is 1. The van der Waals surface area contributed by atoms with Crippen molar-refractivity contribution in [2.45, 2.75) is 25.5 Å². The van der Waals surface area contributed by atoms with Gasteiger partial charge in [0.25, 0.3) is 0 Å². The normalized spacial score (nSPS) is 16.9. The molecule has 110 valence electrons. The Labute approximate surface area is 119 Å². The molecule has 1 aliphatic carbocycles. The molecule has 0 fully saturated rings. The quantitative estimate of drug-likeness (QED) is 0.928. The standard InChI is InChI=1S/C15H13F3N2O/c16-11-8-10(4-6-13(11)21-15(17)18)20-12-5-3-9-2-1-7-19-14(9)12/h1-2,4,6-8,12,15,20H,3,5H2. The van der Waals surface area contributed by atoms with Gasteiger partial charge in [-0.15, -0.1) is 0 Å². The molecule has 1 heterocycles. The summed E-state index contributed by atoms with van der Waals surface area (Å²) in [5.74, 6) is -1.28. The molecular formula is C15H13F3N2O. The lowest BCUT2D eigenvalue weighted by Crippen LogP contribution is -2.09. The lowest BCUT2D eigenvalue weighted by Gasteiger charge is -2.15. The molecule has 0 radical (unpaired) electrons. The molecule has 3 rings (SSSR count). The van der Waals surface area contributed by atoms with Crippen LogP contribution >= 0.6 is 0 Å². The van der Waals surface area contributed by atoms with Gasteiger partial charge in [0.15, 0.2) is 11.6 Å². The van der Waals surface area contributed by atoms with Gasteiger partial charge in [0.1, 0.15) is 0 Å². The van der Waals surface area contributed by atoms with Gasteiger partial charge in [0, 0.05) is 18.0 Å². The van der Waals surface area contributed by atoms with Crippen molar-refractivity contribution in [1.82, 2.24) is 4.98 Å². The lowest BCUT2D eigenvalue weighted by atomic mass is 10.2. The number of benzene rings is 1. The highest BCUT2D eigenvalue weighted by molar-refractivity contribution is 5.50. The summed E-state index contributed by atoms with van der Waals surface area (Å²) in [5, 5.41) is 3.17. The number of anilines is 1. The first kappa shape index (κ1) is 13.7. The molecule has 1 aromatic carbocycles. The zero-order chi connectivity index (χ0) is 14.8. The zero-order valence-electron chi connectivity index (χ0n) is 11.0. The molecule has 21 heavy (non-hydrogen) atoms. The summed E-state index contributed by atoms with van der Waals surface area (Å²) in [7, 11) is 0. The smallest absolute Gasteiger partial charge is 0.387 e. The van der Waals surface area contributed by atoms with Crippen molar-refractivity contribution in [3.8, 4) is 5.75 Å². The molecule has 0 saturated heterocycles. The van der Waals surface area contributed by atoms with Crippen LogP contribution in [0.25, 0.3) is 0 Å². The van der Waals surface area contributed by atoms with Gasteiger partial charge >= 0.3 is 6.61 Å². The van der Waals surface area contributed by atoms with E-state index >= 15 is 0 Å². The van der Waals surface area contributed by atoms with Crippen molar-refractivity contribution in [3.63, 3.8) is 0 Å². The Kier molecular flexibility index (Phi) is 3.68. The number of rotatable bonds is 4. The second-order valence-corrected chi connectivity index (χ2v) is 4.81. The maximum absolute atomic E-state index is 13.7. The average molecular weight is 294 g/mol. The largest absolute Gasteiger partial charge is 0.432 e. The highest BCUT2D eigenvalue weighted by atomic mass is 19.3. The van der Waals surface area contributed by atoms with E-state index in [1.165, 1.54) is 17.7 Å². The highest BCUT2D eigenvalue weighted by Gasteiger charge is 2.23. The van der Waals surface area contributed by atoms with Crippen LogP contribution in [0.15, 0.2) is 36.5 Å². The van der Waals surface area contributed by atoms with E-state index in [9.17, 15) is 13.2 Å². The first-order valence-electron chi connectivity index (χ1n) is 6.58. The van der Waals surface area contributed by atoms with Gasteiger partial charge in [0.05, 0.1) is 11.7 Å². The molecule has 0 spiro atoms. The summed E-state index contributed by atoms with van der Waals surface area (Å²) in [6, 6.07) is 7.77. The number of fused-ring (bicyclic) bond motifs is 1. The third-order valence-corrected chi connectivity index (χ3v) is 3.45. The molecule has 6 heteroatoms. The third kappa shape index (κ3) is 2.94. The van der Waals surface area contributed by atoms with Gasteiger partial charge in [-0.2, -0.15) is 8.78 Å². The summed E-state index contributed by atoms with van der Waals surface area (Å²) in [6.07, 6.45) is 3.50. The Balaban J connectivity index is 1.76. The molecule has 0 aliphatic heterocycles. The number of hydrogen-bond acceptors (Lipinski definition) is 3. The predicted molar refractivity (Wildman–Crippen MR) is 72.0 cm³/mol. The molecule has 1 aliphatic rings. The first-order valence-corrected chi connectivity index (χ1v) is 6.58. The zero-order valence-corrected chi connectivity index (χ0v) is 11.0. The molecule has 1 aromatic heterocycles. The number of ether oxygens (including phenoxy) is 1. The molecule has 0 saturated carbocycles. The van der Waals surface area contributed by atoms with Gasteiger partial charge in [-0.25, -0.2) is 4.39 Å². The van der Waals surface area contributed by atoms with E-state index in [2.05, 4.69) is 15.0 Å². The highest BCUT2D eigenvalue weighted by Crippen LogP contribution is 2.33. The van der Waals surface area contributed by atoms with Gasteiger partial charge in [-0.1, -0.05) is 6.07 Å². The molecule has 0 amide bonds. The van der Waals surface area contributed by atoms with Crippen molar-refractivity contribution in [2.75, 3.05) is 5.32 Å². The second-order valence-electron chi connectivity index (χ2n) is 4.81. The van der Waals surface area contributed by atoms with Crippen LogP contribution in [-0.4, -0.2) is 11.6 Å².